The first-order chi connectivity index (χ1) is 8.70. The lowest BCUT2D eigenvalue weighted by molar-refractivity contribution is 0.0520. The molecule has 5 nitrogen and oxygen atoms in total. The molecule has 6 heteroatoms. The first-order valence-corrected chi connectivity index (χ1v) is 7.03. The highest BCUT2D eigenvalue weighted by molar-refractivity contribution is 7.13. The summed E-state index contributed by atoms with van der Waals surface area (Å²) in [6, 6.07) is 0. The van der Waals surface area contributed by atoms with E-state index in [2.05, 4.69) is 22.4 Å². The zero-order valence-electron chi connectivity index (χ0n) is 10.6. The second-order valence-corrected chi connectivity index (χ2v) is 5.12. The van der Waals surface area contributed by atoms with Gasteiger partial charge in [0.2, 0.25) is 5.13 Å². The molecule has 1 saturated carbocycles. The maximum absolute atomic E-state index is 11.4. The molecule has 1 heterocycles. The number of rotatable bonds is 4. The number of nitrogens with one attached hydrogen (secondary N) is 1. The van der Waals surface area contributed by atoms with E-state index in [4.69, 9.17) is 4.74 Å². The van der Waals surface area contributed by atoms with Gasteiger partial charge in [-0.15, -0.1) is 11.3 Å². The largest absolute Gasteiger partial charge is 0.461 e. The van der Waals surface area contributed by atoms with Crippen LogP contribution in [0, 0.1) is 5.92 Å². The third kappa shape index (κ3) is 3.07. The van der Waals surface area contributed by atoms with Crippen LogP contribution < -0.4 is 5.43 Å². The second kappa shape index (κ2) is 5.95. The van der Waals surface area contributed by atoms with Gasteiger partial charge in [-0.25, -0.2) is 9.78 Å². The van der Waals surface area contributed by atoms with E-state index < -0.39 is 0 Å². The van der Waals surface area contributed by atoms with Gasteiger partial charge in [-0.05, 0) is 32.1 Å². The molecule has 1 atom stereocenters. The summed E-state index contributed by atoms with van der Waals surface area (Å²) in [6.45, 7) is 4.31. The summed E-state index contributed by atoms with van der Waals surface area (Å²) in [6.07, 6.45) is 3.45. The number of hydrogen-bond acceptors (Lipinski definition) is 6. The summed E-state index contributed by atoms with van der Waals surface area (Å²) in [5, 5.41) is 6.66. The average Bonchev–Trinajstić information content (AvgIpc) is 2.96. The van der Waals surface area contributed by atoms with Crippen LogP contribution in [0.25, 0.3) is 0 Å². The maximum Gasteiger partial charge on any atom is 0.357 e. The van der Waals surface area contributed by atoms with Crippen LogP contribution in [0.2, 0.25) is 0 Å². The molecule has 1 aromatic rings. The van der Waals surface area contributed by atoms with Crippen molar-refractivity contribution in [2.45, 2.75) is 33.1 Å². The van der Waals surface area contributed by atoms with E-state index in [1.807, 2.05) is 0 Å². The van der Waals surface area contributed by atoms with Crippen molar-refractivity contribution in [3.63, 3.8) is 0 Å². The van der Waals surface area contributed by atoms with Crippen LogP contribution in [0.5, 0.6) is 0 Å². The van der Waals surface area contributed by atoms with Crippen LogP contribution in [-0.4, -0.2) is 23.3 Å². The second-order valence-electron chi connectivity index (χ2n) is 4.27. The Labute approximate surface area is 110 Å². The summed E-state index contributed by atoms with van der Waals surface area (Å²) < 4.78 is 4.88. The number of hydrogen-bond donors (Lipinski definition) is 1. The molecular formula is C12H17N3O2S. The molecule has 98 valence electrons. The van der Waals surface area contributed by atoms with Crippen molar-refractivity contribution in [2.75, 3.05) is 12.0 Å². The fourth-order valence-electron chi connectivity index (χ4n) is 1.91. The molecule has 0 spiro atoms. The molecule has 2 rings (SSSR count). The summed E-state index contributed by atoms with van der Waals surface area (Å²) in [5.41, 5.74) is 4.44. The third-order valence-corrected chi connectivity index (χ3v) is 3.67. The predicted molar refractivity (Wildman–Crippen MR) is 72.1 cm³/mol. The Morgan fingerprint density at radius 3 is 3.22 bits per heavy atom. The number of aromatic nitrogens is 1. The van der Waals surface area contributed by atoms with Crippen molar-refractivity contribution in [1.82, 2.24) is 4.98 Å². The van der Waals surface area contributed by atoms with Gasteiger partial charge in [0.1, 0.15) is 0 Å². The van der Waals surface area contributed by atoms with Crippen LogP contribution in [0.3, 0.4) is 0 Å². The van der Waals surface area contributed by atoms with Crippen LogP contribution in [-0.2, 0) is 4.74 Å². The lowest BCUT2D eigenvalue weighted by atomic mass is 10.1. The van der Waals surface area contributed by atoms with Gasteiger partial charge in [-0.2, -0.15) is 5.10 Å². The lowest BCUT2D eigenvalue weighted by Crippen LogP contribution is -2.06. The van der Waals surface area contributed by atoms with E-state index in [-0.39, 0.29) is 5.97 Å². The third-order valence-electron chi connectivity index (χ3n) is 2.92. The zero-order valence-corrected chi connectivity index (χ0v) is 11.4. The molecule has 18 heavy (non-hydrogen) atoms. The van der Waals surface area contributed by atoms with Crippen LogP contribution in [0.1, 0.15) is 43.6 Å². The fourth-order valence-corrected chi connectivity index (χ4v) is 2.53. The van der Waals surface area contributed by atoms with Crippen molar-refractivity contribution >= 4 is 28.1 Å². The molecule has 1 aliphatic carbocycles. The minimum Gasteiger partial charge on any atom is -0.461 e. The van der Waals surface area contributed by atoms with Gasteiger partial charge in [0.05, 0.1) is 6.61 Å². The molecule has 0 amide bonds. The number of thiazole rings is 1. The zero-order chi connectivity index (χ0) is 13.0. The van der Waals surface area contributed by atoms with Crippen molar-refractivity contribution in [1.29, 1.82) is 0 Å². The number of carbonyl (C=O) groups excluding carboxylic acids is 1. The molecule has 1 N–H and O–H groups in total. The molecular weight excluding hydrogens is 250 g/mol. The molecule has 0 aromatic carbocycles. The van der Waals surface area contributed by atoms with E-state index in [0.29, 0.717) is 23.4 Å². The minimum absolute atomic E-state index is 0.337. The summed E-state index contributed by atoms with van der Waals surface area (Å²) in [7, 11) is 0. The Bertz CT molecular complexity index is 456. The van der Waals surface area contributed by atoms with Crippen LogP contribution in [0.15, 0.2) is 10.5 Å². The van der Waals surface area contributed by atoms with Gasteiger partial charge in [-0.1, -0.05) is 6.92 Å². The van der Waals surface area contributed by atoms with Gasteiger partial charge < -0.3 is 4.74 Å². The van der Waals surface area contributed by atoms with Crippen molar-refractivity contribution < 1.29 is 9.53 Å². The topological polar surface area (TPSA) is 63.6 Å². The fraction of sp³-hybridized carbons (Fsp3) is 0.583. The average molecular weight is 267 g/mol. The molecule has 0 saturated heterocycles. The highest BCUT2D eigenvalue weighted by Crippen LogP contribution is 2.23. The van der Waals surface area contributed by atoms with Gasteiger partial charge in [0.25, 0.3) is 0 Å². The SMILES string of the molecule is CCOC(=O)c1csc(N/N=C2\CCCC2C)n1. The van der Waals surface area contributed by atoms with Gasteiger partial charge in [0, 0.05) is 11.1 Å². The van der Waals surface area contributed by atoms with Crippen molar-refractivity contribution in [2.24, 2.45) is 11.0 Å². The van der Waals surface area contributed by atoms with Crippen LogP contribution in [0.4, 0.5) is 5.13 Å². The molecule has 1 fully saturated rings. The van der Waals surface area contributed by atoms with Crippen molar-refractivity contribution in [3.8, 4) is 0 Å². The van der Waals surface area contributed by atoms with E-state index in [1.165, 1.54) is 29.9 Å². The quantitative estimate of drug-likeness (QED) is 0.673. The first-order valence-electron chi connectivity index (χ1n) is 6.15. The molecule has 0 radical (unpaired) electrons. The number of ether oxygens (including phenoxy) is 1. The molecule has 0 bridgehead atoms. The monoisotopic (exact) mass is 267 g/mol. The standard InChI is InChI=1S/C12H17N3O2S/c1-3-17-11(16)10-7-18-12(13-10)15-14-9-6-4-5-8(9)2/h7-8H,3-6H2,1-2H3,(H,13,15)/b14-9+. The Morgan fingerprint density at radius 1 is 1.72 bits per heavy atom. The Balaban J connectivity index is 1.96. The van der Waals surface area contributed by atoms with E-state index in [1.54, 1.807) is 12.3 Å². The Kier molecular flexibility index (Phi) is 4.30. The Hall–Kier alpha value is -1.43. The highest BCUT2D eigenvalue weighted by atomic mass is 32.1. The summed E-state index contributed by atoms with van der Waals surface area (Å²) in [4.78, 5) is 15.6. The maximum atomic E-state index is 11.4. The van der Waals surface area contributed by atoms with E-state index in [0.717, 1.165) is 6.42 Å². The number of hydrazone groups is 1. The highest BCUT2D eigenvalue weighted by Gasteiger charge is 2.18. The number of nitrogens with zero attached hydrogens (tertiary/aromatic N) is 2. The molecule has 0 aliphatic heterocycles. The molecule has 1 aliphatic rings. The van der Waals surface area contributed by atoms with Crippen LogP contribution >= 0.6 is 11.3 Å². The van der Waals surface area contributed by atoms with E-state index >= 15 is 0 Å². The molecule has 1 aromatic heterocycles. The van der Waals surface area contributed by atoms with E-state index in [9.17, 15) is 4.79 Å². The normalized spacial score (nSPS) is 21.2. The predicted octanol–water partition coefficient (Wildman–Crippen LogP) is 2.91. The minimum atomic E-state index is -0.385. The number of esters is 1. The molecule has 1 unspecified atom stereocenters. The summed E-state index contributed by atoms with van der Waals surface area (Å²) >= 11 is 1.36. The van der Waals surface area contributed by atoms with Gasteiger partial charge >= 0.3 is 5.97 Å². The lowest BCUT2D eigenvalue weighted by Gasteiger charge is -2.02. The van der Waals surface area contributed by atoms with Gasteiger partial charge in [-0.3, -0.25) is 5.43 Å². The number of carbonyl (C=O) groups is 1. The number of anilines is 1. The first kappa shape index (κ1) is 13.0. The summed E-state index contributed by atoms with van der Waals surface area (Å²) in [5.74, 6) is 0.158. The van der Waals surface area contributed by atoms with Gasteiger partial charge in [0.15, 0.2) is 5.69 Å². The van der Waals surface area contributed by atoms with Crippen molar-refractivity contribution in [3.05, 3.63) is 11.1 Å². The smallest absolute Gasteiger partial charge is 0.357 e. The Morgan fingerprint density at radius 2 is 2.56 bits per heavy atom.